The highest BCUT2D eigenvalue weighted by Crippen LogP contribution is 2.36. The Morgan fingerprint density at radius 2 is 1.89 bits per heavy atom. The number of rotatable bonds is 4. The van der Waals surface area contributed by atoms with E-state index in [9.17, 15) is 0 Å². The topological polar surface area (TPSA) is 12.0 Å². The van der Waals surface area contributed by atoms with Gasteiger partial charge < -0.3 is 5.32 Å². The summed E-state index contributed by atoms with van der Waals surface area (Å²) in [5, 5.41) is 3.64. The molecule has 0 atom stereocenters. The maximum absolute atomic E-state index is 3.64. The zero-order chi connectivity index (χ0) is 12.4. The Morgan fingerprint density at radius 1 is 1.11 bits per heavy atom. The van der Waals surface area contributed by atoms with Crippen LogP contribution in [0.4, 0.5) is 0 Å². The van der Waals surface area contributed by atoms with E-state index < -0.39 is 0 Å². The van der Waals surface area contributed by atoms with E-state index in [0.29, 0.717) is 6.04 Å². The van der Waals surface area contributed by atoms with E-state index in [0.717, 1.165) is 12.5 Å². The van der Waals surface area contributed by atoms with Crippen LogP contribution in [0, 0.1) is 0 Å². The van der Waals surface area contributed by atoms with Crippen molar-refractivity contribution >= 4 is 27.3 Å². The standard InChI is InChI=1S/C15H16BrNS/c16-15-7-6-14(18-15)10-17-13-8-12(9-13)11-4-2-1-3-5-11/h1-7,12-13,17H,8-10H2. The van der Waals surface area contributed by atoms with Gasteiger partial charge in [-0.25, -0.2) is 0 Å². The van der Waals surface area contributed by atoms with Crippen molar-refractivity contribution in [3.63, 3.8) is 0 Å². The summed E-state index contributed by atoms with van der Waals surface area (Å²) in [5.41, 5.74) is 1.49. The Kier molecular flexibility index (Phi) is 3.83. The minimum Gasteiger partial charge on any atom is -0.309 e. The Morgan fingerprint density at radius 3 is 2.56 bits per heavy atom. The highest BCUT2D eigenvalue weighted by molar-refractivity contribution is 9.11. The molecule has 1 aromatic carbocycles. The monoisotopic (exact) mass is 321 g/mol. The predicted octanol–water partition coefficient (Wildman–Crippen LogP) is 4.55. The number of hydrogen-bond donors (Lipinski definition) is 1. The van der Waals surface area contributed by atoms with Crippen molar-refractivity contribution in [2.24, 2.45) is 0 Å². The molecule has 0 amide bonds. The van der Waals surface area contributed by atoms with Crippen LogP contribution in [0.3, 0.4) is 0 Å². The largest absolute Gasteiger partial charge is 0.309 e. The van der Waals surface area contributed by atoms with Crippen LogP contribution in [-0.2, 0) is 6.54 Å². The fourth-order valence-corrected chi connectivity index (χ4v) is 3.91. The summed E-state index contributed by atoms with van der Waals surface area (Å²) < 4.78 is 1.22. The molecule has 2 aromatic rings. The fourth-order valence-electron chi connectivity index (χ4n) is 2.47. The van der Waals surface area contributed by atoms with Crippen LogP contribution in [-0.4, -0.2) is 6.04 Å². The van der Waals surface area contributed by atoms with Crippen molar-refractivity contribution in [1.82, 2.24) is 5.32 Å². The van der Waals surface area contributed by atoms with Crippen molar-refractivity contribution in [3.05, 3.63) is 56.7 Å². The molecule has 0 bridgehead atoms. The van der Waals surface area contributed by atoms with E-state index in [1.54, 1.807) is 0 Å². The van der Waals surface area contributed by atoms with Crippen LogP contribution >= 0.6 is 27.3 Å². The van der Waals surface area contributed by atoms with Crippen LogP contribution in [0.1, 0.15) is 29.2 Å². The number of benzene rings is 1. The second kappa shape index (κ2) is 5.55. The molecule has 1 fully saturated rings. The van der Waals surface area contributed by atoms with Crippen LogP contribution < -0.4 is 5.32 Å². The van der Waals surface area contributed by atoms with Gasteiger partial charge in [-0.05, 0) is 52.4 Å². The summed E-state index contributed by atoms with van der Waals surface area (Å²) in [6.45, 7) is 1.00. The second-order valence-electron chi connectivity index (χ2n) is 4.86. The van der Waals surface area contributed by atoms with E-state index >= 15 is 0 Å². The molecule has 1 saturated carbocycles. The summed E-state index contributed by atoms with van der Waals surface area (Å²) in [7, 11) is 0. The van der Waals surface area contributed by atoms with Crippen molar-refractivity contribution in [3.8, 4) is 0 Å². The molecular weight excluding hydrogens is 306 g/mol. The van der Waals surface area contributed by atoms with E-state index in [-0.39, 0.29) is 0 Å². The minimum atomic E-state index is 0.691. The van der Waals surface area contributed by atoms with Gasteiger partial charge in [0, 0.05) is 17.5 Å². The van der Waals surface area contributed by atoms with E-state index in [1.807, 2.05) is 11.3 Å². The van der Waals surface area contributed by atoms with Gasteiger partial charge in [0.15, 0.2) is 0 Å². The van der Waals surface area contributed by atoms with Gasteiger partial charge in [-0.15, -0.1) is 11.3 Å². The van der Waals surface area contributed by atoms with Crippen LogP contribution in [0.2, 0.25) is 0 Å². The zero-order valence-corrected chi connectivity index (χ0v) is 12.5. The third-order valence-electron chi connectivity index (χ3n) is 3.60. The van der Waals surface area contributed by atoms with Gasteiger partial charge in [0.25, 0.3) is 0 Å². The average molecular weight is 322 g/mol. The molecular formula is C15H16BrNS. The van der Waals surface area contributed by atoms with Gasteiger partial charge in [-0.3, -0.25) is 0 Å². The molecule has 0 unspecified atom stereocenters. The zero-order valence-electron chi connectivity index (χ0n) is 10.1. The molecule has 1 nitrogen and oxygen atoms in total. The quantitative estimate of drug-likeness (QED) is 0.871. The maximum Gasteiger partial charge on any atom is 0.0701 e. The van der Waals surface area contributed by atoms with Crippen molar-refractivity contribution in [2.75, 3.05) is 0 Å². The van der Waals surface area contributed by atoms with Gasteiger partial charge in [-0.1, -0.05) is 30.3 Å². The third kappa shape index (κ3) is 2.85. The highest BCUT2D eigenvalue weighted by atomic mass is 79.9. The molecule has 3 rings (SSSR count). The maximum atomic E-state index is 3.64. The van der Waals surface area contributed by atoms with Crippen LogP contribution in [0.15, 0.2) is 46.3 Å². The van der Waals surface area contributed by atoms with Crippen molar-refractivity contribution in [1.29, 1.82) is 0 Å². The fraction of sp³-hybridized carbons (Fsp3) is 0.333. The first-order valence-corrected chi connectivity index (χ1v) is 7.95. The van der Waals surface area contributed by atoms with Crippen molar-refractivity contribution < 1.29 is 0 Å². The molecule has 0 saturated heterocycles. The Hall–Kier alpha value is -0.640. The summed E-state index contributed by atoms with van der Waals surface area (Å²) >= 11 is 5.32. The van der Waals surface area contributed by atoms with Gasteiger partial charge in [0.05, 0.1) is 3.79 Å². The number of hydrogen-bond acceptors (Lipinski definition) is 2. The lowest BCUT2D eigenvalue weighted by Gasteiger charge is -2.36. The van der Waals surface area contributed by atoms with Gasteiger partial charge in [0.2, 0.25) is 0 Å². The van der Waals surface area contributed by atoms with Gasteiger partial charge >= 0.3 is 0 Å². The highest BCUT2D eigenvalue weighted by Gasteiger charge is 2.29. The molecule has 1 N–H and O–H groups in total. The van der Waals surface area contributed by atoms with E-state index in [2.05, 4.69) is 63.7 Å². The minimum absolute atomic E-state index is 0.691. The molecule has 94 valence electrons. The van der Waals surface area contributed by atoms with Gasteiger partial charge in [-0.2, -0.15) is 0 Å². The lowest BCUT2D eigenvalue weighted by atomic mass is 9.76. The first-order valence-electron chi connectivity index (χ1n) is 6.34. The lowest BCUT2D eigenvalue weighted by molar-refractivity contribution is 0.290. The Labute approximate surface area is 120 Å². The van der Waals surface area contributed by atoms with Crippen molar-refractivity contribution in [2.45, 2.75) is 31.3 Å². The summed E-state index contributed by atoms with van der Waals surface area (Å²) in [6, 6.07) is 15.9. The lowest BCUT2D eigenvalue weighted by Crippen LogP contribution is -2.39. The first-order chi connectivity index (χ1) is 8.81. The summed E-state index contributed by atoms with van der Waals surface area (Å²) in [4.78, 5) is 1.41. The second-order valence-corrected chi connectivity index (χ2v) is 7.41. The summed E-state index contributed by atoms with van der Waals surface area (Å²) in [6.07, 6.45) is 2.55. The normalized spacial score (nSPS) is 22.7. The molecule has 1 aliphatic rings. The SMILES string of the molecule is Brc1ccc(CNC2CC(c3ccccc3)C2)s1. The summed E-state index contributed by atoms with van der Waals surface area (Å²) in [5.74, 6) is 0.763. The molecule has 1 aliphatic carbocycles. The molecule has 0 aliphatic heterocycles. The molecule has 0 radical (unpaired) electrons. The molecule has 1 heterocycles. The number of halogens is 1. The smallest absolute Gasteiger partial charge is 0.0701 e. The third-order valence-corrected chi connectivity index (χ3v) is 5.23. The average Bonchev–Trinajstić information content (AvgIpc) is 2.74. The first kappa shape index (κ1) is 12.4. The number of nitrogens with one attached hydrogen (secondary N) is 1. The molecule has 3 heteroatoms. The van der Waals surface area contributed by atoms with Crippen LogP contribution in [0.5, 0.6) is 0 Å². The molecule has 18 heavy (non-hydrogen) atoms. The van der Waals surface area contributed by atoms with Crippen LogP contribution in [0.25, 0.3) is 0 Å². The van der Waals surface area contributed by atoms with E-state index in [1.165, 1.54) is 27.1 Å². The molecule has 0 spiro atoms. The Balaban J connectivity index is 1.46. The number of thiophene rings is 1. The van der Waals surface area contributed by atoms with Gasteiger partial charge in [0.1, 0.15) is 0 Å². The Bertz CT molecular complexity index is 502. The molecule has 1 aromatic heterocycles. The van der Waals surface area contributed by atoms with E-state index in [4.69, 9.17) is 0 Å². The predicted molar refractivity (Wildman–Crippen MR) is 81.1 cm³/mol.